The topological polar surface area (TPSA) is 20.2 Å². The van der Waals surface area contributed by atoms with Gasteiger partial charge >= 0.3 is 0 Å². The van der Waals surface area contributed by atoms with Crippen molar-refractivity contribution < 1.29 is 13.9 Å². The van der Waals surface area contributed by atoms with Gasteiger partial charge in [-0.3, -0.25) is 0 Å². The molecule has 1 N–H and O–H groups in total. The molecule has 4 aliphatic carbocycles. The molecule has 5 unspecified atom stereocenters. The number of hydrogen-bond acceptors (Lipinski definition) is 1. The number of hydrogen-bond donors (Lipinski definition) is 1. The van der Waals surface area contributed by atoms with Gasteiger partial charge in [0.1, 0.15) is 0 Å². The van der Waals surface area contributed by atoms with Crippen molar-refractivity contribution in [3.8, 4) is 0 Å². The maximum Gasteiger partial charge on any atom is 0.248 e. The molecule has 4 rings (SSSR count). The Morgan fingerprint density at radius 2 is 1.41 bits per heavy atom. The molecule has 0 aromatic carbocycles. The second kappa shape index (κ2) is 11.1. The summed E-state index contributed by atoms with van der Waals surface area (Å²) in [5.74, 6) is 1.21. The summed E-state index contributed by atoms with van der Waals surface area (Å²) in [7, 11) is 0. The van der Waals surface area contributed by atoms with Gasteiger partial charge in [0.25, 0.3) is 0 Å². The molecule has 0 aliphatic heterocycles. The van der Waals surface area contributed by atoms with Crippen molar-refractivity contribution in [2.45, 2.75) is 112 Å². The first-order chi connectivity index (χ1) is 12.9. The average Bonchev–Trinajstić information content (AvgIpc) is 3.06. The van der Waals surface area contributed by atoms with Gasteiger partial charge in [0, 0.05) is 19.4 Å². The highest BCUT2D eigenvalue weighted by Crippen LogP contribution is 2.63. The van der Waals surface area contributed by atoms with Gasteiger partial charge in [-0.2, -0.15) is 0 Å². The molecule has 0 spiro atoms. The van der Waals surface area contributed by atoms with Crippen LogP contribution in [0.2, 0.25) is 0 Å². The maximum atomic E-state index is 13.7. The van der Waals surface area contributed by atoms with E-state index in [0.29, 0.717) is 17.3 Å². The van der Waals surface area contributed by atoms with Crippen LogP contribution >= 0.6 is 0 Å². The summed E-state index contributed by atoms with van der Waals surface area (Å²) >= 11 is 0. The SMILES string of the molecule is CC.CC.CC12CCC[C@H]1C1CCC3CC(F)(F)CCC3C1CC2.CCO. The molecule has 1 nitrogen and oxygen atoms in total. The molecule has 0 amide bonds. The zero-order valence-corrected chi connectivity index (χ0v) is 18.9. The van der Waals surface area contributed by atoms with E-state index in [0.717, 1.165) is 30.6 Å². The summed E-state index contributed by atoms with van der Waals surface area (Å²) in [4.78, 5) is 0. The van der Waals surface area contributed by atoms with Crippen LogP contribution in [0, 0.1) is 35.0 Å². The molecule has 4 aliphatic rings. The van der Waals surface area contributed by atoms with Crippen molar-refractivity contribution in [2.75, 3.05) is 6.61 Å². The summed E-state index contributed by atoms with van der Waals surface area (Å²) in [6.07, 6.45) is 10.5. The highest BCUT2D eigenvalue weighted by atomic mass is 19.3. The van der Waals surface area contributed by atoms with Crippen LogP contribution in [0.1, 0.15) is 106 Å². The van der Waals surface area contributed by atoms with Crippen LogP contribution in [0.15, 0.2) is 0 Å². The fourth-order valence-electron chi connectivity index (χ4n) is 6.79. The molecule has 27 heavy (non-hydrogen) atoms. The Morgan fingerprint density at radius 1 is 0.815 bits per heavy atom. The quantitative estimate of drug-likeness (QED) is 0.450. The van der Waals surface area contributed by atoms with Gasteiger partial charge in [-0.15, -0.1) is 0 Å². The van der Waals surface area contributed by atoms with E-state index in [2.05, 4.69) is 6.92 Å². The minimum Gasteiger partial charge on any atom is -0.397 e. The number of rotatable bonds is 0. The number of halogens is 2. The van der Waals surface area contributed by atoms with Crippen LogP contribution in [-0.4, -0.2) is 17.6 Å². The smallest absolute Gasteiger partial charge is 0.248 e. The molecule has 3 heteroatoms. The van der Waals surface area contributed by atoms with Crippen molar-refractivity contribution in [1.29, 1.82) is 0 Å². The Hall–Kier alpha value is -0.180. The van der Waals surface area contributed by atoms with Crippen LogP contribution in [0.5, 0.6) is 0 Å². The van der Waals surface area contributed by atoms with Crippen LogP contribution in [0.4, 0.5) is 8.78 Å². The summed E-state index contributed by atoms with van der Waals surface area (Å²) < 4.78 is 27.4. The maximum absolute atomic E-state index is 13.7. The van der Waals surface area contributed by atoms with E-state index in [4.69, 9.17) is 5.11 Å². The molecule has 6 atom stereocenters. The number of alkyl halides is 2. The zero-order valence-electron chi connectivity index (χ0n) is 18.9. The molecule has 162 valence electrons. The van der Waals surface area contributed by atoms with Gasteiger partial charge in [0.05, 0.1) is 0 Å². The van der Waals surface area contributed by atoms with Gasteiger partial charge < -0.3 is 5.11 Å². The summed E-state index contributed by atoms with van der Waals surface area (Å²) in [5.41, 5.74) is 0.604. The Bertz CT molecular complexity index is 411. The molecule has 0 radical (unpaired) electrons. The monoisotopic (exact) mass is 388 g/mol. The normalized spacial score (nSPS) is 41.0. The third-order valence-corrected chi connectivity index (χ3v) is 7.70. The first kappa shape index (κ1) is 24.9. The lowest BCUT2D eigenvalue weighted by atomic mass is 9.50. The average molecular weight is 389 g/mol. The van der Waals surface area contributed by atoms with Gasteiger partial charge in [0.15, 0.2) is 0 Å². The van der Waals surface area contributed by atoms with E-state index in [1.165, 1.54) is 38.5 Å². The number of aliphatic hydroxyl groups excluding tert-OH is 1. The minimum atomic E-state index is -2.36. The molecule has 4 saturated carbocycles. The zero-order chi connectivity index (χ0) is 20.7. The molecule has 0 heterocycles. The third kappa shape index (κ3) is 5.67. The predicted octanol–water partition coefficient (Wildman–Crippen LogP) is 7.72. The fourth-order valence-corrected chi connectivity index (χ4v) is 6.79. The van der Waals surface area contributed by atoms with Crippen molar-refractivity contribution in [3.63, 3.8) is 0 Å². The van der Waals surface area contributed by atoms with E-state index in [-0.39, 0.29) is 19.4 Å². The molecule has 0 saturated heterocycles. The van der Waals surface area contributed by atoms with Crippen molar-refractivity contribution in [3.05, 3.63) is 0 Å². The Balaban J connectivity index is 0.000000466. The lowest BCUT2D eigenvalue weighted by molar-refractivity contribution is -0.118. The van der Waals surface area contributed by atoms with E-state index < -0.39 is 5.92 Å². The van der Waals surface area contributed by atoms with Crippen LogP contribution in [0.3, 0.4) is 0 Å². The third-order valence-electron chi connectivity index (χ3n) is 7.70. The molecule has 0 aromatic heterocycles. The second-order valence-electron chi connectivity index (χ2n) is 8.94. The van der Waals surface area contributed by atoms with Gasteiger partial charge in [-0.05, 0) is 86.9 Å². The summed E-state index contributed by atoms with van der Waals surface area (Å²) in [5, 5.41) is 7.57. The molecular weight excluding hydrogens is 342 g/mol. The molecule has 0 aromatic rings. The second-order valence-corrected chi connectivity index (χ2v) is 8.94. The Labute approximate surface area is 167 Å². The van der Waals surface area contributed by atoms with E-state index in [1.807, 2.05) is 27.7 Å². The predicted molar refractivity (Wildman–Crippen MR) is 112 cm³/mol. The minimum absolute atomic E-state index is 0.166. The highest BCUT2D eigenvalue weighted by molar-refractivity contribution is 5.03. The Kier molecular flexibility index (Phi) is 10.2. The molecular formula is C24H46F2O. The van der Waals surface area contributed by atoms with Crippen LogP contribution in [-0.2, 0) is 0 Å². The lowest BCUT2D eigenvalue weighted by Gasteiger charge is -2.55. The van der Waals surface area contributed by atoms with Crippen molar-refractivity contribution >= 4 is 0 Å². The Morgan fingerprint density at radius 3 is 2.04 bits per heavy atom. The standard InChI is InChI=1S/C18H28F2.C2H6O.2C2H6/c1-17-8-2-3-16(17)15-5-4-12-11-18(19,20)10-7-13(12)14(15)6-9-17;1-2-3;2*1-2/h12-16H,2-11H2,1H3;3H,2H2,1H3;2*1-2H3/t12?,13?,14?,15?,16-,17?;;;/m0.../s1. The first-order valence-electron chi connectivity index (χ1n) is 11.9. The molecule has 4 fully saturated rings. The van der Waals surface area contributed by atoms with E-state index in [1.54, 1.807) is 6.92 Å². The summed E-state index contributed by atoms with van der Waals surface area (Å²) in [6, 6.07) is 0. The van der Waals surface area contributed by atoms with Gasteiger partial charge in [0.2, 0.25) is 5.92 Å². The summed E-state index contributed by atoms with van der Waals surface area (Å²) in [6.45, 7) is 12.4. The fraction of sp³-hybridized carbons (Fsp3) is 1.00. The van der Waals surface area contributed by atoms with Gasteiger partial charge in [-0.25, -0.2) is 8.78 Å². The van der Waals surface area contributed by atoms with Crippen molar-refractivity contribution in [2.24, 2.45) is 35.0 Å². The van der Waals surface area contributed by atoms with Gasteiger partial charge in [-0.1, -0.05) is 41.0 Å². The first-order valence-corrected chi connectivity index (χ1v) is 11.9. The van der Waals surface area contributed by atoms with E-state index in [9.17, 15) is 8.78 Å². The van der Waals surface area contributed by atoms with E-state index >= 15 is 0 Å². The number of aliphatic hydroxyl groups is 1. The van der Waals surface area contributed by atoms with Crippen molar-refractivity contribution in [1.82, 2.24) is 0 Å². The largest absolute Gasteiger partial charge is 0.397 e. The number of fused-ring (bicyclic) bond motifs is 5. The lowest BCUT2D eigenvalue weighted by Crippen LogP contribution is -2.48. The van der Waals surface area contributed by atoms with Crippen LogP contribution < -0.4 is 0 Å². The van der Waals surface area contributed by atoms with Crippen LogP contribution in [0.25, 0.3) is 0 Å². The molecule has 0 bridgehead atoms. The highest BCUT2D eigenvalue weighted by Gasteiger charge is 2.55.